The molecule has 0 aliphatic rings. The van der Waals surface area contributed by atoms with Crippen molar-refractivity contribution in [2.45, 2.75) is 0 Å². The normalized spacial score (nSPS) is 11.9. The van der Waals surface area contributed by atoms with Crippen molar-refractivity contribution in [3.05, 3.63) is 200 Å². The molecule has 0 bridgehead atoms. The first kappa shape index (κ1) is 33.7. The van der Waals surface area contributed by atoms with E-state index in [0.29, 0.717) is 11.4 Å². The first-order chi connectivity index (χ1) is 30.2. The maximum absolute atomic E-state index is 7.05. The van der Waals surface area contributed by atoms with Crippen molar-refractivity contribution in [2.75, 3.05) is 0 Å². The van der Waals surface area contributed by atoms with Gasteiger partial charge in [0.2, 0.25) is 0 Å². The van der Waals surface area contributed by atoms with Crippen LogP contribution in [-0.2, 0) is 0 Å². The fourth-order valence-electron chi connectivity index (χ4n) is 9.32. The summed E-state index contributed by atoms with van der Waals surface area (Å²) in [6, 6.07) is 70.3. The summed E-state index contributed by atoms with van der Waals surface area (Å²) in [6.45, 7) is 0. The van der Waals surface area contributed by atoms with Crippen LogP contribution in [-0.4, -0.2) is 14.5 Å². The van der Waals surface area contributed by atoms with Gasteiger partial charge >= 0.3 is 0 Å². The van der Waals surface area contributed by atoms with Crippen LogP contribution in [0, 0.1) is 0 Å². The van der Waals surface area contributed by atoms with Crippen LogP contribution in [0.2, 0.25) is 0 Å². The lowest BCUT2D eigenvalue weighted by molar-refractivity contribution is 0.666. The van der Waals surface area contributed by atoms with E-state index in [1.807, 2.05) is 30.3 Å². The Morgan fingerprint density at radius 1 is 0.377 bits per heavy atom. The molecular weight excluding hydrogens is 747 g/mol. The van der Waals surface area contributed by atoms with Crippen molar-refractivity contribution in [1.82, 2.24) is 14.5 Å². The molecule has 0 radical (unpaired) electrons. The molecule has 4 heterocycles. The highest BCUT2D eigenvalue weighted by Crippen LogP contribution is 2.45. The van der Waals surface area contributed by atoms with Gasteiger partial charge in [-0.2, -0.15) is 0 Å². The Labute approximate surface area is 349 Å². The molecular formula is C56H33N3O2. The Hall–Kier alpha value is -8.28. The first-order valence-corrected chi connectivity index (χ1v) is 20.6. The van der Waals surface area contributed by atoms with Gasteiger partial charge < -0.3 is 13.4 Å². The number of nitrogens with zero attached hydrogens (tertiary/aromatic N) is 3. The molecule has 0 amide bonds. The van der Waals surface area contributed by atoms with Gasteiger partial charge in [-0.25, -0.2) is 9.97 Å². The molecule has 9 aromatic carbocycles. The van der Waals surface area contributed by atoms with Gasteiger partial charge in [0.1, 0.15) is 28.0 Å². The van der Waals surface area contributed by atoms with Crippen LogP contribution in [0.1, 0.15) is 0 Å². The van der Waals surface area contributed by atoms with Crippen LogP contribution in [0.5, 0.6) is 0 Å². The van der Waals surface area contributed by atoms with E-state index in [1.54, 1.807) is 0 Å². The van der Waals surface area contributed by atoms with Crippen molar-refractivity contribution < 1.29 is 8.83 Å². The van der Waals surface area contributed by atoms with Gasteiger partial charge in [0.25, 0.3) is 0 Å². The summed E-state index contributed by atoms with van der Waals surface area (Å²) in [5.74, 6) is 0.561. The number of fused-ring (bicyclic) bond motifs is 10. The van der Waals surface area contributed by atoms with E-state index in [-0.39, 0.29) is 0 Å². The lowest BCUT2D eigenvalue weighted by atomic mass is 10.0. The number of hydrogen-bond acceptors (Lipinski definition) is 4. The molecule has 0 aliphatic carbocycles. The molecule has 0 unspecified atom stereocenters. The molecule has 0 saturated heterocycles. The van der Waals surface area contributed by atoms with Crippen LogP contribution in [0.3, 0.4) is 0 Å². The number of hydrogen-bond donors (Lipinski definition) is 0. The highest BCUT2D eigenvalue weighted by Gasteiger charge is 2.25. The minimum absolute atomic E-state index is 0.561. The highest BCUT2D eigenvalue weighted by molar-refractivity contribution is 6.19. The van der Waals surface area contributed by atoms with Crippen molar-refractivity contribution in [3.63, 3.8) is 0 Å². The predicted octanol–water partition coefficient (Wildman–Crippen LogP) is 15.2. The fraction of sp³-hybridized carbons (Fsp3) is 0. The standard InChI is InChI=1S/C56H33N3O2/c1-4-14-34(15-5-1)39-24-28-49-44(31-39)51-47(59-46-23-13-12-22-41(46)43-30-37-20-10-11-21-38(37)33-48(43)59)27-26-42(54(51)60-49)56-57-52(36-18-8-3-9-19-36)55-53(58-56)45-32-40(25-29-50(45)61-55)35-16-6-2-7-17-35/h1-33H. The monoisotopic (exact) mass is 779 g/mol. The third-order valence-corrected chi connectivity index (χ3v) is 12.2. The summed E-state index contributed by atoms with van der Waals surface area (Å²) < 4.78 is 16.1. The Bertz CT molecular complexity index is 3860. The van der Waals surface area contributed by atoms with Crippen LogP contribution < -0.4 is 0 Å². The van der Waals surface area contributed by atoms with E-state index in [4.69, 9.17) is 18.8 Å². The van der Waals surface area contributed by atoms with E-state index in [2.05, 4.69) is 174 Å². The second kappa shape index (κ2) is 13.1. The van der Waals surface area contributed by atoms with E-state index in [0.717, 1.165) is 94.2 Å². The van der Waals surface area contributed by atoms with Gasteiger partial charge in [-0.05, 0) is 87.6 Å². The summed E-state index contributed by atoms with van der Waals surface area (Å²) in [7, 11) is 0. The SMILES string of the molecule is c1ccc(-c2ccc3oc4c(-c5ccccc5)nc(-c5ccc(-n6c7ccccc7c7cc8ccccc8cc76)c6c5oc5ccc(-c7ccccc7)cc56)nc4c3c2)cc1. The van der Waals surface area contributed by atoms with Gasteiger partial charge in [0, 0.05) is 27.1 Å². The Morgan fingerprint density at radius 3 is 1.69 bits per heavy atom. The van der Waals surface area contributed by atoms with Gasteiger partial charge in [-0.15, -0.1) is 0 Å². The quantitative estimate of drug-likeness (QED) is 0.175. The fourth-order valence-corrected chi connectivity index (χ4v) is 9.32. The topological polar surface area (TPSA) is 57.0 Å². The summed E-state index contributed by atoms with van der Waals surface area (Å²) in [5, 5.41) is 7.74. The second-order valence-electron chi connectivity index (χ2n) is 15.7. The summed E-state index contributed by atoms with van der Waals surface area (Å²) in [6.07, 6.45) is 0. The Kier molecular flexibility index (Phi) is 7.24. The van der Waals surface area contributed by atoms with Crippen LogP contribution in [0.15, 0.2) is 209 Å². The summed E-state index contributed by atoms with van der Waals surface area (Å²) in [4.78, 5) is 10.8. The number of para-hydroxylation sites is 1. The molecule has 284 valence electrons. The molecule has 4 aromatic heterocycles. The van der Waals surface area contributed by atoms with E-state index >= 15 is 0 Å². The number of benzene rings is 9. The van der Waals surface area contributed by atoms with Crippen molar-refractivity contribution in [2.24, 2.45) is 0 Å². The molecule has 0 saturated carbocycles. The smallest absolute Gasteiger partial charge is 0.180 e. The average Bonchev–Trinajstić information content (AvgIpc) is 4.00. The predicted molar refractivity (Wildman–Crippen MR) is 250 cm³/mol. The zero-order valence-electron chi connectivity index (χ0n) is 32.7. The van der Waals surface area contributed by atoms with E-state index in [1.165, 1.54) is 21.5 Å². The largest absolute Gasteiger partial charge is 0.455 e. The van der Waals surface area contributed by atoms with Crippen LogP contribution >= 0.6 is 0 Å². The summed E-state index contributed by atoms with van der Waals surface area (Å²) in [5.41, 5.74) is 13.9. The average molecular weight is 780 g/mol. The van der Waals surface area contributed by atoms with Crippen molar-refractivity contribution in [3.8, 4) is 50.6 Å². The molecule has 5 nitrogen and oxygen atoms in total. The summed E-state index contributed by atoms with van der Waals surface area (Å²) >= 11 is 0. The van der Waals surface area contributed by atoms with E-state index in [9.17, 15) is 0 Å². The zero-order valence-corrected chi connectivity index (χ0v) is 32.7. The Morgan fingerprint density at radius 2 is 0.967 bits per heavy atom. The molecule has 5 heteroatoms. The minimum atomic E-state index is 0.561. The molecule has 0 N–H and O–H groups in total. The van der Waals surface area contributed by atoms with Gasteiger partial charge in [0.05, 0.1) is 27.7 Å². The molecule has 0 fully saturated rings. The van der Waals surface area contributed by atoms with Crippen molar-refractivity contribution in [1.29, 1.82) is 0 Å². The maximum Gasteiger partial charge on any atom is 0.180 e. The number of rotatable bonds is 5. The number of aromatic nitrogens is 3. The van der Waals surface area contributed by atoms with E-state index < -0.39 is 0 Å². The van der Waals surface area contributed by atoms with Gasteiger partial charge in [-0.3, -0.25) is 0 Å². The molecule has 0 spiro atoms. The third-order valence-electron chi connectivity index (χ3n) is 12.2. The van der Waals surface area contributed by atoms with Crippen LogP contribution in [0.4, 0.5) is 0 Å². The lowest BCUT2D eigenvalue weighted by Crippen LogP contribution is -1.98. The molecule has 13 rings (SSSR count). The zero-order chi connectivity index (χ0) is 40.0. The molecule has 0 aliphatic heterocycles. The van der Waals surface area contributed by atoms with Gasteiger partial charge in [-0.1, -0.05) is 146 Å². The number of furan rings is 2. The van der Waals surface area contributed by atoms with Crippen LogP contribution in [0.25, 0.3) is 127 Å². The molecule has 0 atom stereocenters. The Balaban J connectivity index is 1.14. The van der Waals surface area contributed by atoms with Gasteiger partial charge in [0.15, 0.2) is 11.4 Å². The molecule has 61 heavy (non-hydrogen) atoms. The molecule has 13 aromatic rings. The minimum Gasteiger partial charge on any atom is -0.455 e. The van der Waals surface area contributed by atoms with Crippen molar-refractivity contribution >= 4 is 76.6 Å². The first-order valence-electron chi connectivity index (χ1n) is 20.6. The third kappa shape index (κ3) is 5.21. The maximum atomic E-state index is 7.05. The highest BCUT2D eigenvalue weighted by atomic mass is 16.3. The lowest BCUT2D eigenvalue weighted by Gasteiger charge is -2.13. The second-order valence-corrected chi connectivity index (χ2v) is 15.7.